The fraction of sp³-hybridized carbons (Fsp3) is 0.844. The molecule has 0 aromatic rings. The summed E-state index contributed by atoms with van der Waals surface area (Å²) in [5, 5.41) is 20.8. The highest BCUT2D eigenvalue weighted by Gasteiger charge is 2.60. The molecule has 0 heterocycles. The molecule has 0 aromatic heterocycles. The number of hydrogen-bond donors (Lipinski definition) is 2. The average molecular weight is 681 g/mol. The minimum atomic E-state index is -1.15. The highest BCUT2D eigenvalue weighted by molar-refractivity contribution is 5.87. The maximum atomic E-state index is 13.4. The van der Waals surface area contributed by atoms with Gasteiger partial charge in [0.05, 0.1) is 0 Å². The van der Waals surface area contributed by atoms with Crippen molar-refractivity contribution in [3.05, 3.63) is 36.0 Å². The van der Waals surface area contributed by atoms with Crippen LogP contribution in [-0.2, 0) is 9.68 Å². The van der Waals surface area contributed by atoms with Gasteiger partial charge in [0.1, 0.15) is 11.7 Å². The number of ketones is 1. The minimum Gasteiger partial charge on any atom is -0.382 e. The van der Waals surface area contributed by atoms with E-state index >= 15 is 0 Å². The van der Waals surface area contributed by atoms with Crippen molar-refractivity contribution in [2.24, 2.45) is 46.3 Å². The third-order valence-corrected chi connectivity index (χ3v) is 14.5. The number of rotatable bonds is 21. The number of hydrogen-bond acceptors (Lipinski definition) is 4. The molecule has 3 saturated carbocycles. The van der Waals surface area contributed by atoms with Crippen molar-refractivity contribution in [1.82, 2.24) is 0 Å². The molecule has 4 aliphatic rings. The number of unbranched alkanes of at least 4 members (excludes halogenated alkanes) is 7. The number of carbonyl (C=O) groups excluding carboxylic acids is 1. The van der Waals surface area contributed by atoms with Crippen LogP contribution in [0.3, 0.4) is 0 Å². The van der Waals surface area contributed by atoms with E-state index in [4.69, 9.17) is 5.26 Å². The summed E-state index contributed by atoms with van der Waals surface area (Å²) in [6, 6.07) is 0. The van der Waals surface area contributed by atoms with Crippen LogP contribution in [0.2, 0.25) is 0 Å². The van der Waals surface area contributed by atoms with Crippen LogP contribution >= 0.6 is 0 Å². The Kier molecular flexibility index (Phi) is 15.7. The normalized spacial score (nSPS) is 34.2. The van der Waals surface area contributed by atoms with Crippen molar-refractivity contribution in [2.45, 2.75) is 195 Å². The fourth-order valence-corrected chi connectivity index (χ4v) is 11.4. The quantitative estimate of drug-likeness (QED) is 0.0416. The third kappa shape index (κ3) is 10.2. The van der Waals surface area contributed by atoms with Crippen molar-refractivity contribution in [3.8, 4) is 0 Å². The van der Waals surface area contributed by atoms with Gasteiger partial charge in [-0.2, -0.15) is 0 Å². The predicted octanol–water partition coefficient (Wildman–Crippen LogP) is 12.6. The minimum absolute atomic E-state index is 0.0912. The molecule has 4 rings (SSSR count). The maximum absolute atomic E-state index is 13.4. The predicted molar refractivity (Wildman–Crippen MR) is 205 cm³/mol. The second kappa shape index (κ2) is 19.0. The lowest BCUT2D eigenvalue weighted by molar-refractivity contribution is -0.267. The van der Waals surface area contributed by atoms with Gasteiger partial charge in [-0.25, -0.2) is 4.89 Å². The molecule has 4 nitrogen and oxygen atoms in total. The Morgan fingerprint density at radius 2 is 1.67 bits per heavy atom. The number of carbonyl (C=O) groups is 1. The van der Waals surface area contributed by atoms with Crippen LogP contribution in [0.25, 0.3) is 0 Å². The highest BCUT2D eigenvalue weighted by atomic mass is 17.1. The summed E-state index contributed by atoms with van der Waals surface area (Å²) in [5.41, 5.74) is 0.910. The zero-order chi connectivity index (χ0) is 35.5. The Labute approximate surface area is 301 Å². The summed E-state index contributed by atoms with van der Waals surface area (Å²) >= 11 is 0. The number of fused-ring (bicyclic) bond motifs is 5. The van der Waals surface area contributed by atoms with Gasteiger partial charge in [-0.3, -0.25) is 10.1 Å². The summed E-state index contributed by atoms with van der Waals surface area (Å²) < 4.78 is 0. The van der Waals surface area contributed by atoms with Gasteiger partial charge < -0.3 is 5.11 Å². The summed E-state index contributed by atoms with van der Waals surface area (Å²) in [6.45, 7) is 14.6. The van der Waals surface area contributed by atoms with Gasteiger partial charge in [-0.15, -0.1) is 0 Å². The van der Waals surface area contributed by atoms with E-state index in [1.807, 2.05) is 12.2 Å². The molecule has 4 heteroatoms. The van der Waals surface area contributed by atoms with Crippen LogP contribution in [0.1, 0.15) is 183 Å². The standard InChI is InChI=1S/C45H76O4/c1-7-8-16-22-37(49-48)23-17-14-12-10-9-11-13-15-18-24-42(46)45(47)32-31-43(5)36(33-45)25-26-38-40-28-27-39(35(4)21-19-20-34(2)3)44(40,6)30-29-41(38)43/h12,14,17,23,25,34-35,37-41,47-48H,7-11,13,15-16,18-22,24,26-33H2,1-6H3/t35-,37?,38+,39-,40+,41+,43+,44-,45?/m1/s1. The molecule has 0 aliphatic heterocycles. The van der Waals surface area contributed by atoms with Crippen LogP contribution < -0.4 is 0 Å². The number of allylic oxidation sites excluding steroid dienone is 4. The monoisotopic (exact) mass is 681 g/mol. The van der Waals surface area contributed by atoms with Crippen LogP contribution in [0.15, 0.2) is 36.0 Å². The topological polar surface area (TPSA) is 66.8 Å². The Morgan fingerprint density at radius 3 is 2.43 bits per heavy atom. The lowest BCUT2D eigenvalue weighted by Gasteiger charge is -2.59. The molecule has 0 saturated heterocycles. The zero-order valence-corrected chi connectivity index (χ0v) is 32.7. The first-order chi connectivity index (χ1) is 23.5. The molecule has 0 spiro atoms. The molecule has 49 heavy (non-hydrogen) atoms. The fourth-order valence-electron chi connectivity index (χ4n) is 11.4. The average Bonchev–Trinajstić information content (AvgIpc) is 3.43. The Hall–Kier alpha value is -1.23. The number of Topliss-reactive ketones (excluding diaryl/α,β-unsaturated/α-hetero) is 1. The van der Waals surface area contributed by atoms with Gasteiger partial charge in [-0.1, -0.05) is 135 Å². The van der Waals surface area contributed by atoms with Gasteiger partial charge >= 0.3 is 0 Å². The molecule has 3 fully saturated rings. The Balaban J connectivity index is 1.18. The van der Waals surface area contributed by atoms with Crippen LogP contribution in [0, 0.1) is 46.3 Å². The molecule has 2 N–H and O–H groups in total. The van der Waals surface area contributed by atoms with Crippen LogP contribution in [-0.4, -0.2) is 27.9 Å². The van der Waals surface area contributed by atoms with E-state index in [9.17, 15) is 9.90 Å². The molecular formula is C45H76O4. The Bertz CT molecular complexity index is 1110. The van der Waals surface area contributed by atoms with E-state index in [2.05, 4.69) is 64.7 Å². The van der Waals surface area contributed by atoms with E-state index < -0.39 is 5.60 Å². The van der Waals surface area contributed by atoms with E-state index in [0.717, 1.165) is 107 Å². The smallest absolute Gasteiger partial charge is 0.164 e. The first kappa shape index (κ1) is 40.5. The van der Waals surface area contributed by atoms with E-state index in [1.54, 1.807) is 0 Å². The molecular weight excluding hydrogens is 604 g/mol. The zero-order valence-electron chi connectivity index (χ0n) is 32.7. The summed E-state index contributed by atoms with van der Waals surface area (Å²) in [5.74, 6) is 4.96. The molecule has 0 aromatic carbocycles. The molecule has 4 aliphatic carbocycles. The molecule has 280 valence electrons. The maximum Gasteiger partial charge on any atom is 0.164 e. The van der Waals surface area contributed by atoms with Crippen molar-refractivity contribution in [3.63, 3.8) is 0 Å². The summed E-state index contributed by atoms with van der Waals surface area (Å²) in [7, 11) is 0. The highest BCUT2D eigenvalue weighted by Crippen LogP contribution is 2.67. The van der Waals surface area contributed by atoms with E-state index in [-0.39, 0.29) is 17.3 Å². The number of aliphatic hydroxyl groups is 1. The summed E-state index contributed by atoms with van der Waals surface area (Å²) in [4.78, 5) is 18.0. The van der Waals surface area contributed by atoms with Gasteiger partial charge in [0.15, 0.2) is 5.78 Å². The van der Waals surface area contributed by atoms with Crippen molar-refractivity contribution < 1.29 is 20.0 Å². The molecule has 0 amide bonds. The van der Waals surface area contributed by atoms with Gasteiger partial charge in [-0.05, 0) is 117 Å². The molecule has 0 radical (unpaired) electrons. The van der Waals surface area contributed by atoms with Gasteiger partial charge in [0.2, 0.25) is 0 Å². The SMILES string of the molecule is CCCCCC(C=CC=CCCCCCCCC(=O)C1(O)CC[C@@]2(C)C(=CC[C@H]3[C@@H]4CC[C@H]([C@H](C)CCCC(C)C)[C@@]4(C)CC[C@@H]32)C1)OO. The lowest BCUT2D eigenvalue weighted by Crippen LogP contribution is -2.54. The van der Waals surface area contributed by atoms with E-state index in [1.165, 1.54) is 50.5 Å². The largest absolute Gasteiger partial charge is 0.382 e. The van der Waals surface area contributed by atoms with Gasteiger partial charge in [0, 0.05) is 12.8 Å². The van der Waals surface area contributed by atoms with Crippen molar-refractivity contribution >= 4 is 5.78 Å². The van der Waals surface area contributed by atoms with E-state index in [0.29, 0.717) is 30.6 Å². The Morgan fingerprint density at radius 1 is 0.898 bits per heavy atom. The van der Waals surface area contributed by atoms with Crippen LogP contribution in [0.5, 0.6) is 0 Å². The first-order valence-corrected chi connectivity index (χ1v) is 21.1. The third-order valence-electron chi connectivity index (χ3n) is 14.5. The molecule has 2 unspecified atom stereocenters. The molecule has 0 bridgehead atoms. The first-order valence-electron chi connectivity index (χ1n) is 21.1. The second-order valence-corrected chi connectivity index (χ2v) is 18.2. The second-order valence-electron chi connectivity index (χ2n) is 18.2. The summed E-state index contributed by atoms with van der Waals surface area (Å²) in [6.07, 6.45) is 34.7. The molecule has 9 atom stereocenters. The van der Waals surface area contributed by atoms with Crippen molar-refractivity contribution in [1.29, 1.82) is 0 Å². The lowest BCUT2D eigenvalue weighted by atomic mass is 9.46. The van der Waals surface area contributed by atoms with Gasteiger partial charge in [0.25, 0.3) is 0 Å². The van der Waals surface area contributed by atoms with Crippen LogP contribution in [0.4, 0.5) is 0 Å². The van der Waals surface area contributed by atoms with Crippen molar-refractivity contribution in [2.75, 3.05) is 0 Å².